The van der Waals surface area contributed by atoms with Crippen molar-refractivity contribution in [3.8, 4) is 22.9 Å². The molecule has 1 atom stereocenters. The number of carbonyl (C=O) groups is 3. The summed E-state index contributed by atoms with van der Waals surface area (Å²) in [7, 11) is 1.47. The number of nitrogens with one attached hydrogen (secondary N) is 2. The van der Waals surface area contributed by atoms with E-state index in [1.54, 1.807) is 23.7 Å². The average Bonchev–Trinajstić information content (AvgIpc) is 3.71. The van der Waals surface area contributed by atoms with Crippen molar-refractivity contribution in [3.63, 3.8) is 0 Å². The first kappa shape index (κ1) is 33.9. The van der Waals surface area contributed by atoms with E-state index >= 15 is 0 Å². The van der Waals surface area contributed by atoms with Gasteiger partial charge in [0.15, 0.2) is 28.7 Å². The minimum absolute atomic E-state index is 0.0796. The van der Waals surface area contributed by atoms with Crippen molar-refractivity contribution in [3.05, 3.63) is 89.1 Å². The van der Waals surface area contributed by atoms with Gasteiger partial charge in [0, 0.05) is 36.0 Å². The number of ether oxygens (including phenoxy) is 2. The molecule has 6 rings (SSSR count). The van der Waals surface area contributed by atoms with Gasteiger partial charge in [-0.15, -0.1) is 0 Å². The Labute approximate surface area is 283 Å². The second-order valence-electron chi connectivity index (χ2n) is 11.4. The lowest BCUT2D eigenvalue weighted by molar-refractivity contribution is -0.142. The molecule has 1 aliphatic heterocycles. The Morgan fingerprint density at radius 3 is 2.52 bits per heavy atom. The Kier molecular flexibility index (Phi) is 9.39. The molecule has 3 aromatic heterocycles. The molecule has 4 heterocycles. The van der Waals surface area contributed by atoms with E-state index in [1.807, 2.05) is 30.3 Å². The molecular formula is C33H32F3N9O5. The Morgan fingerprint density at radius 1 is 1.00 bits per heavy atom. The molecule has 1 aliphatic rings. The number of fused-ring (bicyclic) bond motifs is 4. The van der Waals surface area contributed by atoms with Crippen molar-refractivity contribution >= 4 is 23.4 Å². The molecule has 2 aromatic carbocycles. The highest BCUT2D eigenvalue weighted by Gasteiger charge is 2.35. The fraction of sp³-hybridized carbons (Fsp3) is 0.303. The van der Waals surface area contributed by atoms with Crippen LogP contribution in [0.25, 0.3) is 17.0 Å². The summed E-state index contributed by atoms with van der Waals surface area (Å²) < 4.78 is 55.0. The molecule has 50 heavy (non-hydrogen) atoms. The van der Waals surface area contributed by atoms with Crippen molar-refractivity contribution in [2.24, 2.45) is 0 Å². The van der Waals surface area contributed by atoms with Gasteiger partial charge in [-0.25, -0.2) is 19.2 Å². The normalized spacial score (nSPS) is 16.2. The third-order valence-corrected chi connectivity index (χ3v) is 7.84. The first-order valence-electron chi connectivity index (χ1n) is 15.5. The average molecular weight is 692 g/mol. The summed E-state index contributed by atoms with van der Waals surface area (Å²) >= 11 is 0. The van der Waals surface area contributed by atoms with E-state index in [-0.39, 0.29) is 48.8 Å². The quantitative estimate of drug-likeness (QED) is 0.289. The first-order valence-corrected chi connectivity index (χ1v) is 15.5. The van der Waals surface area contributed by atoms with Gasteiger partial charge >= 0.3 is 6.18 Å². The number of benzene rings is 2. The fourth-order valence-electron chi connectivity index (χ4n) is 5.47. The summed E-state index contributed by atoms with van der Waals surface area (Å²) in [4.78, 5) is 50.2. The molecule has 0 aliphatic carbocycles. The summed E-state index contributed by atoms with van der Waals surface area (Å²) in [5.74, 6) is -0.418. The number of hydrogen-bond acceptors (Lipinski definition) is 9. The van der Waals surface area contributed by atoms with Crippen molar-refractivity contribution in [1.82, 2.24) is 44.9 Å². The van der Waals surface area contributed by atoms with E-state index in [2.05, 4.69) is 25.8 Å². The lowest BCUT2D eigenvalue weighted by atomic mass is 10.2. The van der Waals surface area contributed by atoms with Crippen molar-refractivity contribution in [1.29, 1.82) is 0 Å². The van der Waals surface area contributed by atoms with E-state index in [0.29, 0.717) is 27.7 Å². The highest BCUT2D eigenvalue weighted by Crippen LogP contribution is 2.31. The zero-order chi connectivity index (χ0) is 35.6. The van der Waals surface area contributed by atoms with Crippen LogP contribution < -0.4 is 20.1 Å². The summed E-state index contributed by atoms with van der Waals surface area (Å²) in [6.07, 6.45) is -4.77. The molecular weight excluding hydrogens is 659 g/mol. The molecule has 14 nitrogen and oxygen atoms in total. The van der Waals surface area contributed by atoms with Crippen LogP contribution in [0.5, 0.6) is 11.5 Å². The number of nitrogens with zero attached hydrogens (tertiary/aromatic N) is 7. The van der Waals surface area contributed by atoms with E-state index in [4.69, 9.17) is 14.5 Å². The predicted molar refractivity (Wildman–Crippen MR) is 171 cm³/mol. The van der Waals surface area contributed by atoms with Crippen LogP contribution in [0, 0.1) is 6.92 Å². The smallest absolute Gasteiger partial charge is 0.433 e. The second kappa shape index (κ2) is 13.9. The zero-order valence-electron chi connectivity index (χ0n) is 27.2. The Bertz CT molecular complexity index is 2060. The van der Waals surface area contributed by atoms with Crippen LogP contribution in [0.2, 0.25) is 0 Å². The van der Waals surface area contributed by atoms with Crippen LogP contribution in [0.3, 0.4) is 0 Å². The number of hydrogen-bond donors (Lipinski definition) is 2. The standard InChI is InChI=1S/C33H32F3N9O5/c1-19-15-26(33(34,35)36)45-27(38-19)17-23(41-45)32(48)43-12-11-37-31(47)22-9-10-24(49-3)25(16-22)50-14-13-44-30(20(2)39-28(46)18-43)40-29(42-44)21-7-5-4-6-8-21/h4-10,15-17,20H,11-14,18H2,1-3H3,(H,37,47)(H,39,46)/t20-/m1/s1. The number of alkyl halides is 3. The van der Waals surface area contributed by atoms with Gasteiger partial charge < -0.3 is 25.0 Å². The van der Waals surface area contributed by atoms with Crippen LogP contribution in [0.1, 0.15) is 51.0 Å². The minimum Gasteiger partial charge on any atom is -0.493 e. The lowest BCUT2D eigenvalue weighted by Gasteiger charge is -2.23. The third-order valence-electron chi connectivity index (χ3n) is 7.84. The van der Waals surface area contributed by atoms with Crippen LogP contribution in [-0.2, 0) is 17.5 Å². The highest BCUT2D eigenvalue weighted by molar-refractivity contribution is 5.96. The molecule has 0 saturated carbocycles. The van der Waals surface area contributed by atoms with Gasteiger partial charge in [-0.05, 0) is 38.1 Å². The molecule has 0 saturated heterocycles. The number of amides is 3. The highest BCUT2D eigenvalue weighted by atomic mass is 19.4. The SMILES string of the molecule is COc1ccc2cc1OCCn1nc(-c3ccccc3)nc1[C@@H](C)NC(=O)CN(C(=O)c1cc3nc(C)cc(C(F)(F)F)n3n1)CCNC2=O. The maximum atomic E-state index is 13.8. The maximum Gasteiger partial charge on any atom is 0.433 e. The van der Waals surface area contributed by atoms with Crippen LogP contribution in [-0.4, -0.2) is 85.3 Å². The molecule has 260 valence electrons. The van der Waals surface area contributed by atoms with Gasteiger partial charge in [0.1, 0.15) is 18.1 Å². The molecule has 17 heteroatoms. The van der Waals surface area contributed by atoms with E-state index in [9.17, 15) is 27.6 Å². The number of aryl methyl sites for hydroxylation is 1. The number of halogens is 3. The number of aromatic nitrogens is 6. The molecule has 5 aromatic rings. The minimum atomic E-state index is -4.77. The molecule has 3 amide bonds. The number of rotatable bonds is 3. The molecule has 0 unspecified atom stereocenters. The molecule has 0 fully saturated rings. The molecule has 0 radical (unpaired) electrons. The number of methoxy groups -OCH3 is 1. The Morgan fingerprint density at radius 2 is 1.78 bits per heavy atom. The van der Waals surface area contributed by atoms with Crippen LogP contribution >= 0.6 is 0 Å². The molecule has 2 N–H and O–H groups in total. The van der Waals surface area contributed by atoms with Gasteiger partial charge in [0.25, 0.3) is 11.8 Å². The predicted octanol–water partition coefficient (Wildman–Crippen LogP) is 3.47. The summed E-state index contributed by atoms with van der Waals surface area (Å²) in [5, 5.41) is 14.1. The third kappa shape index (κ3) is 7.20. The van der Waals surface area contributed by atoms with Crippen molar-refractivity contribution in [2.45, 2.75) is 32.6 Å². The van der Waals surface area contributed by atoms with Gasteiger partial charge in [-0.2, -0.15) is 23.4 Å². The van der Waals surface area contributed by atoms with Crippen LogP contribution in [0.4, 0.5) is 13.2 Å². The summed E-state index contributed by atoms with van der Waals surface area (Å²) in [5.41, 5.74) is -0.597. The maximum absolute atomic E-state index is 13.8. The topological polar surface area (TPSA) is 158 Å². The van der Waals surface area contributed by atoms with Gasteiger partial charge in [0.2, 0.25) is 5.91 Å². The largest absolute Gasteiger partial charge is 0.493 e. The van der Waals surface area contributed by atoms with Crippen molar-refractivity contribution in [2.75, 3.05) is 33.4 Å². The fourth-order valence-corrected chi connectivity index (χ4v) is 5.47. The summed E-state index contributed by atoms with van der Waals surface area (Å²) in [6, 6.07) is 15.1. The van der Waals surface area contributed by atoms with E-state index in [0.717, 1.165) is 22.6 Å². The first-order chi connectivity index (χ1) is 23.9. The van der Waals surface area contributed by atoms with E-state index in [1.165, 1.54) is 20.1 Å². The number of carbonyl (C=O) groups excluding carboxylic acids is 3. The Balaban J connectivity index is 1.35. The van der Waals surface area contributed by atoms with Crippen molar-refractivity contribution < 1.29 is 37.0 Å². The monoisotopic (exact) mass is 691 g/mol. The molecule has 0 spiro atoms. The van der Waals surface area contributed by atoms with E-state index < -0.39 is 42.2 Å². The lowest BCUT2D eigenvalue weighted by Crippen LogP contribution is -2.45. The van der Waals surface area contributed by atoms with Gasteiger partial charge in [-0.3, -0.25) is 14.4 Å². The molecule has 2 bridgehead atoms. The summed E-state index contributed by atoms with van der Waals surface area (Å²) in [6.45, 7) is 2.61. The Hall–Kier alpha value is -6.00. The zero-order valence-corrected chi connectivity index (χ0v) is 27.2. The van der Waals surface area contributed by atoms with Crippen LogP contribution in [0.15, 0.2) is 60.7 Å². The second-order valence-corrected chi connectivity index (χ2v) is 11.4. The van der Waals surface area contributed by atoms with Gasteiger partial charge in [-0.1, -0.05) is 30.3 Å². The van der Waals surface area contributed by atoms with Gasteiger partial charge in [0.05, 0.1) is 26.2 Å².